The molecule has 34 heavy (non-hydrogen) atoms. The molecule has 1 atom stereocenters. The molecule has 8 heteroatoms. The lowest BCUT2D eigenvalue weighted by Gasteiger charge is -2.34. The molecule has 0 unspecified atom stereocenters. The standard InChI is InChI=1S/C26H30N2O6/c1-5-12-34-26(31)27-23-13-17(2)24(33-4)15-22(23)25(30)28-11-10-19(14-20(28)16-29)18-6-8-21(32-3)9-7-18/h5-9,13-15,20,29H,1,10-12,16H2,2-4H3,(H,27,31)/t20-/m0/s1. The summed E-state index contributed by atoms with van der Waals surface area (Å²) in [5.41, 5.74) is 3.35. The highest BCUT2D eigenvalue weighted by molar-refractivity contribution is 6.03. The van der Waals surface area contributed by atoms with Crippen LogP contribution in [0.5, 0.6) is 11.5 Å². The number of hydrogen-bond acceptors (Lipinski definition) is 6. The molecular formula is C26H30N2O6. The SMILES string of the molecule is C=CCOC(=O)Nc1cc(C)c(OC)cc1C(=O)N1CCC(c2ccc(OC)cc2)=C[C@H]1CO. The highest BCUT2D eigenvalue weighted by Crippen LogP contribution is 2.32. The lowest BCUT2D eigenvalue weighted by atomic mass is 9.95. The number of rotatable bonds is 8. The number of nitrogens with one attached hydrogen (secondary N) is 1. The molecule has 0 saturated carbocycles. The molecule has 2 aromatic carbocycles. The molecule has 0 saturated heterocycles. The summed E-state index contributed by atoms with van der Waals surface area (Å²) >= 11 is 0. The number of carbonyl (C=O) groups excluding carboxylic acids is 2. The first kappa shape index (κ1) is 24.9. The molecule has 0 aromatic heterocycles. The summed E-state index contributed by atoms with van der Waals surface area (Å²) in [6.45, 7) is 5.54. The Morgan fingerprint density at radius 1 is 1.21 bits per heavy atom. The third kappa shape index (κ3) is 5.58. The molecule has 3 rings (SSSR count). The van der Waals surface area contributed by atoms with Crippen molar-refractivity contribution in [3.63, 3.8) is 0 Å². The summed E-state index contributed by atoms with van der Waals surface area (Å²) in [5, 5.41) is 12.7. The number of amides is 2. The van der Waals surface area contributed by atoms with Gasteiger partial charge in [0.25, 0.3) is 5.91 Å². The number of methoxy groups -OCH3 is 2. The summed E-state index contributed by atoms with van der Waals surface area (Å²) in [6.07, 6.45) is 3.27. The third-order valence-corrected chi connectivity index (χ3v) is 5.66. The molecule has 2 aromatic rings. The Balaban J connectivity index is 1.90. The topological polar surface area (TPSA) is 97.3 Å². The minimum absolute atomic E-state index is 0.0435. The molecular weight excluding hydrogens is 436 g/mol. The van der Waals surface area contributed by atoms with Crippen molar-refractivity contribution in [2.45, 2.75) is 19.4 Å². The highest BCUT2D eigenvalue weighted by atomic mass is 16.5. The van der Waals surface area contributed by atoms with Crippen molar-refractivity contribution in [2.24, 2.45) is 0 Å². The smallest absolute Gasteiger partial charge is 0.411 e. The highest BCUT2D eigenvalue weighted by Gasteiger charge is 2.29. The van der Waals surface area contributed by atoms with Gasteiger partial charge >= 0.3 is 6.09 Å². The van der Waals surface area contributed by atoms with Crippen LogP contribution < -0.4 is 14.8 Å². The normalized spacial score (nSPS) is 15.2. The Labute approximate surface area is 199 Å². The van der Waals surface area contributed by atoms with Gasteiger partial charge in [-0.1, -0.05) is 30.9 Å². The van der Waals surface area contributed by atoms with Gasteiger partial charge in [0.15, 0.2) is 0 Å². The number of benzene rings is 2. The van der Waals surface area contributed by atoms with Gasteiger partial charge in [-0.25, -0.2) is 4.79 Å². The van der Waals surface area contributed by atoms with E-state index in [1.165, 1.54) is 13.2 Å². The first-order valence-electron chi connectivity index (χ1n) is 10.9. The quantitative estimate of drug-likeness (QED) is 0.570. The number of carbonyl (C=O) groups is 2. The van der Waals surface area contributed by atoms with E-state index in [0.717, 1.165) is 22.4 Å². The van der Waals surface area contributed by atoms with Gasteiger partial charge in [-0.3, -0.25) is 10.1 Å². The van der Waals surface area contributed by atoms with Crippen LogP contribution in [0.25, 0.3) is 5.57 Å². The van der Waals surface area contributed by atoms with Gasteiger partial charge in [-0.2, -0.15) is 0 Å². The summed E-state index contributed by atoms with van der Waals surface area (Å²) in [4.78, 5) is 27.3. The maximum atomic E-state index is 13.6. The van der Waals surface area contributed by atoms with E-state index in [4.69, 9.17) is 14.2 Å². The predicted octanol–water partition coefficient (Wildman–Crippen LogP) is 4.04. The molecule has 180 valence electrons. The van der Waals surface area contributed by atoms with Crippen molar-refractivity contribution < 1.29 is 28.9 Å². The molecule has 2 N–H and O–H groups in total. The molecule has 0 bridgehead atoms. The van der Waals surface area contributed by atoms with Crippen molar-refractivity contribution in [2.75, 3.05) is 39.3 Å². The van der Waals surface area contributed by atoms with Crippen molar-refractivity contribution in [1.82, 2.24) is 4.90 Å². The fourth-order valence-electron chi connectivity index (χ4n) is 3.89. The van der Waals surface area contributed by atoms with E-state index in [1.807, 2.05) is 37.3 Å². The zero-order chi connectivity index (χ0) is 24.7. The monoisotopic (exact) mass is 466 g/mol. The van der Waals surface area contributed by atoms with Crippen LogP contribution in [0.2, 0.25) is 0 Å². The van der Waals surface area contributed by atoms with Crippen molar-refractivity contribution in [3.8, 4) is 11.5 Å². The van der Waals surface area contributed by atoms with Crippen LogP contribution in [-0.4, -0.2) is 62.0 Å². The van der Waals surface area contributed by atoms with Crippen molar-refractivity contribution in [3.05, 3.63) is 71.8 Å². The molecule has 8 nitrogen and oxygen atoms in total. The van der Waals surface area contributed by atoms with Crippen LogP contribution in [-0.2, 0) is 4.74 Å². The van der Waals surface area contributed by atoms with Gasteiger partial charge in [-0.15, -0.1) is 0 Å². The number of anilines is 1. The molecule has 0 spiro atoms. The molecule has 0 fully saturated rings. The van der Waals surface area contributed by atoms with Crippen LogP contribution >= 0.6 is 0 Å². The van der Waals surface area contributed by atoms with Gasteiger partial charge in [0.05, 0.1) is 38.1 Å². The summed E-state index contributed by atoms with van der Waals surface area (Å²) in [7, 11) is 3.13. The number of aliphatic hydroxyl groups excluding tert-OH is 1. The Kier molecular flexibility index (Phi) is 8.32. The van der Waals surface area contributed by atoms with E-state index in [2.05, 4.69) is 11.9 Å². The van der Waals surface area contributed by atoms with Crippen LogP contribution in [0, 0.1) is 6.92 Å². The average molecular weight is 467 g/mol. The van der Waals surface area contributed by atoms with Gasteiger partial charge in [0.1, 0.15) is 18.1 Å². The van der Waals surface area contributed by atoms with E-state index >= 15 is 0 Å². The maximum Gasteiger partial charge on any atom is 0.411 e. The van der Waals surface area contributed by atoms with Gasteiger partial charge in [0, 0.05) is 6.54 Å². The third-order valence-electron chi connectivity index (χ3n) is 5.66. The van der Waals surface area contributed by atoms with Crippen molar-refractivity contribution in [1.29, 1.82) is 0 Å². The second kappa shape index (κ2) is 11.4. The Morgan fingerprint density at radius 3 is 2.56 bits per heavy atom. The van der Waals surface area contributed by atoms with E-state index in [9.17, 15) is 14.7 Å². The van der Waals surface area contributed by atoms with Crippen molar-refractivity contribution >= 4 is 23.3 Å². The first-order chi connectivity index (χ1) is 16.4. The number of hydrogen-bond donors (Lipinski definition) is 2. The lowest BCUT2D eigenvalue weighted by molar-refractivity contribution is 0.0648. The Bertz CT molecular complexity index is 1080. The lowest BCUT2D eigenvalue weighted by Crippen LogP contribution is -2.44. The molecule has 0 aliphatic carbocycles. The molecule has 2 amide bonds. The molecule has 1 heterocycles. The second-order valence-electron chi connectivity index (χ2n) is 7.80. The van der Waals surface area contributed by atoms with E-state index < -0.39 is 12.1 Å². The maximum absolute atomic E-state index is 13.6. The van der Waals surface area contributed by atoms with E-state index in [1.54, 1.807) is 24.1 Å². The fourth-order valence-corrected chi connectivity index (χ4v) is 3.89. The molecule has 0 radical (unpaired) electrons. The number of nitrogens with zero attached hydrogens (tertiary/aromatic N) is 1. The number of ether oxygens (including phenoxy) is 3. The average Bonchev–Trinajstić information content (AvgIpc) is 2.86. The second-order valence-corrected chi connectivity index (χ2v) is 7.80. The van der Waals surface area contributed by atoms with E-state index in [0.29, 0.717) is 24.4 Å². The van der Waals surface area contributed by atoms with Gasteiger partial charge in [0.2, 0.25) is 0 Å². The minimum Gasteiger partial charge on any atom is -0.497 e. The molecule has 1 aliphatic rings. The van der Waals surface area contributed by atoms with Crippen LogP contribution in [0.1, 0.15) is 27.9 Å². The number of aliphatic hydroxyl groups is 1. The fraction of sp³-hybridized carbons (Fsp3) is 0.308. The van der Waals surface area contributed by atoms with Gasteiger partial charge < -0.3 is 24.2 Å². The summed E-state index contributed by atoms with van der Waals surface area (Å²) in [6, 6.07) is 10.4. The summed E-state index contributed by atoms with van der Waals surface area (Å²) < 4.78 is 15.6. The van der Waals surface area contributed by atoms with Gasteiger partial charge in [-0.05, 0) is 54.3 Å². The minimum atomic E-state index is -0.697. The number of aryl methyl sites for hydroxylation is 1. The first-order valence-corrected chi connectivity index (χ1v) is 10.9. The van der Waals surface area contributed by atoms with Crippen LogP contribution in [0.15, 0.2) is 55.1 Å². The zero-order valence-corrected chi connectivity index (χ0v) is 19.7. The van der Waals surface area contributed by atoms with E-state index in [-0.39, 0.29) is 24.7 Å². The Hall–Kier alpha value is -3.78. The summed E-state index contributed by atoms with van der Waals surface area (Å²) in [5.74, 6) is 0.942. The molecule has 1 aliphatic heterocycles. The van der Waals surface area contributed by atoms with Crippen LogP contribution in [0.3, 0.4) is 0 Å². The van der Waals surface area contributed by atoms with Crippen LogP contribution in [0.4, 0.5) is 10.5 Å². The zero-order valence-electron chi connectivity index (χ0n) is 19.7. The predicted molar refractivity (Wildman–Crippen MR) is 130 cm³/mol. The largest absolute Gasteiger partial charge is 0.497 e. The Morgan fingerprint density at radius 2 is 1.94 bits per heavy atom.